The van der Waals surface area contributed by atoms with Crippen LogP contribution in [0.4, 0.5) is 0 Å². The van der Waals surface area contributed by atoms with Gasteiger partial charge in [-0.1, -0.05) is 19.3 Å². The molecule has 102 valence electrons. The lowest BCUT2D eigenvalue weighted by molar-refractivity contribution is -0.154. The summed E-state index contributed by atoms with van der Waals surface area (Å²) in [7, 11) is 0. The van der Waals surface area contributed by atoms with Crippen molar-refractivity contribution in [1.82, 2.24) is 4.90 Å². The number of carbonyl (C=O) groups is 2. The van der Waals surface area contributed by atoms with E-state index in [1.54, 1.807) is 6.92 Å². The van der Waals surface area contributed by atoms with Gasteiger partial charge >= 0.3 is 0 Å². The van der Waals surface area contributed by atoms with Crippen LogP contribution in [0.5, 0.6) is 0 Å². The quantitative estimate of drug-likeness (QED) is 0.781. The third-order valence-electron chi connectivity index (χ3n) is 4.34. The van der Waals surface area contributed by atoms with Gasteiger partial charge in [0.2, 0.25) is 11.8 Å². The molecule has 1 saturated carbocycles. The lowest BCUT2D eigenvalue weighted by Gasteiger charge is -2.42. The van der Waals surface area contributed by atoms with E-state index in [0.717, 1.165) is 25.7 Å². The molecule has 2 aliphatic rings. The molecule has 0 aromatic carbocycles. The molecular formula is C14H23NO3. The van der Waals surface area contributed by atoms with Crippen LogP contribution in [0.2, 0.25) is 0 Å². The summed E-state index contributed by atoms with van der Waals surface area (Å²) < 4.78 is 0. The lowest BCUT2D eigenvalue weighted by atomic mass is 9.67. The average molecular weight is 253 g/mol. The fourth-order valence-electron chi connectivity index (χ4n) is 3.25. The summed E-state index contributed by atoms with van der Waals surface area (Å²) in [6.07, 6.45) is 6.64. The molecule has 0 aromatic rings. The first kappa shape index (κ1) is 13.5. The second kappa shape index (κ2) is 5.39. The molecule has 4 heteroatoms. The number of aliphatic hydroxyl groups excluding tert-OH is 1. The fraction of sp³-hybridized carbons (Fsp3) is 0.857. The van der Waals surface area contributed by atoms with Crippen molar-refractivity contribution in [3.05, 3.63) is 0 Å². The normalized spacial score (nSPS) is 25.6. The first-order valence-corrected chi connectivity index (χ1v) is 7.04. The van der Waals surface area contributed by atoms with E-state index in [1.807, 2.05) is 0 Å². The van der Waals surface area contributed by atoms with E-state index in [2.05, 4.69) is 0 Å². The number of hydrogen-bond acceptors (Lipinski definition) is 3. The molecule has 1 saturated heterocycles. The number of imide groups is 1. The van der Waals surface area contributed by atoms with Gasteiger partial charge < -0.3 is 5.11 Å². The van der Waals surface area contributed by atoms with Crippen molar-refractivity contribution in [1.29, 1.82) is 0 Å². The Balaban J connectivity index is 1.99. The number of likely N-dealkylation sites (tertiary alicyclic amines) is 1. The SMILES string of the molecule is CC(O)CCN1C(=O)CC2(CCCCC2)CC1=O. The average Bonchev–Trinajstić information content (AvgIpc) is 2.28. The smallest absolute Gasteiger partial charge is 0.229 e. The Morgan fingerprint density at radius 2 is 1.72 bits per heavy atom. The molecular weight excluding hydrogens is 230 g/mol. The van der Waals surface area contributed by atoms with Crippen molar-refractivity contribution in [3.63, 3.8) is 0 Å². The standard InChI is InChI=1S/C14H23NO3/c1-11(16)5-8-15-12(17)9-14(10-13(15)18)6-3-2-4-7-14/h11,16H,2-10H2,1H3. The van der Waals surface area contributed by atoms with E-state index < -0.39 is 6.10 Å². The molecule has 2 rings (SSSR count). The van der Waals surface area contributed by atoms with E-state index >= 15 is 0 Å². The summed E-state index contributed by atoms with van der Waals surface area (Å²) in [5, 5.41) is 9.25. The van der Waals surface area contributed by atoms with Crippen LogP contribution < -0.4 is 0 Å². The van der Waals surface area contributed by atoms with Crippen molar-refractivity contribution in [2.75, 3.05) is 6.54 Å². The van der Waals surface area contributed by atoms with Gasteiger partial charge in [-0.25, -0.2) is 0 Å². The first-order chi connectivity index (χ1) is 8.52. The van der Waals surface area contributed by atoms with Crippen LogP contribution in [0.15, 0.2) is 0 Å². The topological polar surface area (TPSA) is 57.6 Å². The van der Waals surface area contributed by atoms with Crippen LogP contribution in [0.3, 0.4) is 0 Å². The molecule has 1 atom stereocenters. The van der Waals surface area contributed by atoms with Crippen molar-refractivity contribution in [2.45, 2.75) is 64.4 Å². The molecule has 18 heavy (non-hydrogen) atoms. The molecule has 1 unspecified atom stereocenters. The highest BCUT2D eigenvalue weighted by atomic mass is 16.3. The zero-order chi connectivity index (χ0) is 13.2. The Labute approximate surface area is 108 Å². The Bertz CT molecular complexity index is 312. The molecule has 4 nitrogen and oxygen atoms in total. The van der Waals surface area contributed by atoms with Crippen molar-refractivity contribution < 1.29 is 14.7 Å². The molecule has 2 amide bonds. The number of hydrogen-bond donors (Lipinski definition) is 1. The van der Waals surface area contributed by atoms with Crippen molar-refractivity contribution in [3.8, 4) is 0 Å². The third kappa shape index (κ3) is 2.91. The number of carbonyl (C=O) groups excluding carboxylic acids is 2. The van der Waals surface area contributed by atoms with Gasteiger partial charge in [-0.3, -0.25) is 14.5 Å². The van der Waals surface area contributed by atoms with Crippen LogP contribution in [0.25, 0.3) is 0 Å². The van der Waals surface area contributed by atoms with Crippen molar-refractivity contribution in [2.24, 2.45) is 5.41 Å². The summed E-state index contributed by atoms with van der Waals surface area (Å²) >= 11 is 0. The summed E-state index contributed by atoms with van der Waals surface area (Å²) in [5.74, 6) is -0.0670. The minimum absolute atomic E-state index is 0.0335. The highest BCUT2D eigenvalue weighted by Crippen LogP contribution is 2.45. The van der Waals surface area contributed by atoms with Crippen LogP contribution in [0, 0.1) is 5.41 Å². The van der Waals surface area contributed by atoms with Crippen LogP contribution in [-0.4, -0.2) is 34.5 Å². The third-order valence-corrected chi connectivity index (χ3v) is 4.34. The van der Waals surface area contributed by atoms with E-state index in [-0.39, 0.29) is 17.2 Å². The highest BCUT2D eigenvalue weighted by molar-refractivity contribution is 5.98. The summed E-state index contributed by atoms with van der Waals surface area (Å²) in [6, 6.07) is 0. The molecule has 1 N–H and O–H groups in total. The number of nitrogens with zero attached hydrogens (tertiary/aromatic N) is 1. The Kier molecular flexibility index (Phi) is 4.05. The minimum Gasteiger partial charge on any atom is -0.393 e. The Morgan fingerprint density at radius 3 is 2.22 bits per heavy atom. The van der Waals surface area contributed by atoms with Gasteiger partial charge in [0.15, 0.2) is 0 Å². The maximum atomic E-state index is 12.1. The largest absolute Gasteiger partial charge is 0.393 e. The number of aliphatic hydroxyl groups is 1. The van der Waals surface area contributed by atoms with Gasteiger partial charge in [-0.2, -0.15) is 0 Å². The van der Waals surface area contributed by atoms with Crippen LogP contribution >= 0.6 is 0 Å². The van der Waals surface area contributed by atoms with Gasteiger partial charge in [0.1, 0.15) is 0 Å². The summed E-state index contributed by atoms with van der Waals surface area (Å²) in [6.45, 7) is 2.05. The fourth-order valence-corrected chi connectivity index (χ4v) is 3.25. The van der Waals surface area contributed by atoms with Crippen LogP contribution in [0.1, 0.15) is 58.3 Å². The number of amides is 2. The number of piperidine rings is 1. The molecule has 0 aromatic heterocycles. The molecule has 1 aliphatic carbocycles. The van der Waals surface area contributed by atoms with E-state index in [4.69, 9.17) is 0 Å². The molecule has 0 radical (unpaired) electrons. The van der Waals surface area contributed by atoms with Gasteiger partial charge in [-0.15, -0.1) is 0 Å². The summed E-state index contributed by atoms with van der Waals surface area (Å²) in [4.78, 5) is 25.6. The second-order valence-corrected chi connectivity index (χ2v) is 5.99. The molecule has 1 spiro atoms. The monoisotopic (exact) mass is 253 g/mol. The minimum atomic E-state index is -0.462. The Morgan fingerprint density at radius 1 is 1.17 bits per heavy atom. The van der Waals surface area contributed by atoms with Gasteiger partial charge in [0, 0.05) is 19.4 Å². The van der Waals surface area contributed by atoms with Gasteiger partial charge in [0.25, 0.3) is 0 Å². The van der Waals surface area contributed by atoms with Crippen molar-refractivity contribution >= 4 is 11.8 Å². The Hall–Kier alpha value is -0.900. The highest BCUT2D eigenvalue weighted by Gasteiger charge is 2.43. The van der Waals surface area contributed by atoms with E-state index in [9.17, 15) is 14.7 Å². The predicted molar refractivity (Wildman–Crippen MR) is 67.8 cm³/mol. The number of rotatable bonds is 3. The first-order valence-electron chi connectivity index (χ1n) is 7.04. The van der Waals surface area contributed by atoms with Crippen LogP contribution in [-0.2, 0) is 9.59 Å². The zero-order valence-electron chi connectivity index (χ0n) is 11.2. The van der Waals surface area contributed by atoms with E-state index in [0.29, 0.717) is 25.8 Å². The lowest BCUT2D eigenvalue weighted by Crippen LogP contribution is -2.49. The van der Waals surface area contributed by atoms with Gasteiger partial charge in [0.05, 0.1) is 6.10 Å². The maximum absolute atomic E-state index is 12.1. The second-order valence-electron chi connectivity index (χ2n) is 5.99. The molecule has 2 fully saturated rings. The van der Waals surface area contributed by atoms with E-state index in [1.165, 1.54) is 11.3 Å². The predicted octanol–water partition coefficient (Wildman–Crippen LogP) is 1.86. The van der Waals surface area contributed by atoms with Gasteiger partial charge in [-0.05, 0) is 31.6 Å². The molecule has 1 heterocycles. The zero-order valence-corrected chi connectivity index (χ0v) is 11.2. The summed E-state index contributed by atoms with van der Waals surface area (Å²) in [5.41, 5.74) is -0.0340. The molecule has 1 aliphatic heterocycles. The molecule has 0 bridgehead atoms. The maximum Gasteiger partial charge on any atom is 0.229 e.